The molecule has 0 radical (unpaired) electrons. The maximum absolute atomic E-state index is 14.1. The average Bonchev–Trinajstić information content (AvgIpc) is 3.27. The fourth-order valence-electron chi connectivity index (χ4n) is 4.83. The fraction of sp³-hybridized carbons (Fsp3) is 0.276. The van der Waals surface area contributed by atoms with Gasteiger partial charge in [0.15, 0.2) is 10.6 Å². The zero-order valence-corrected chi connectivity index (χ0v) is 23.7. The van der Waals surface area contributed by atoms with Crippen LogP contribution in [-0.4, -0.2) is 60.1 Å². The minimum atomic E-state index is -3.90. The number of benzene rings is 2. The normalized spacial score (nSPS) is 15.0. The highest BCUT2D eigenvalue weighted by atomic mass is 32.2. The zero-order valence-electron chi connectivity index (χ0n) is 22.9. The topological polar surface area (TPSA) is 135 Å². The number of aliphatic hydroxyl groups is 1. The summed E-state index contributed by atoms with van der Waals surface area (Å²) >= 11 is 0. The van der Waals surface area contributed by atoms with Crippen LogP contribution in [0.2, 0.25) is 0 Å². The molecular formula is C29H27F2N5O5S. The van der Waals surface area contributed by atoms with Crippen molar-refractivity contribution >= 4 is 26.8 Å². The number of aryl methyl sites for hydroxylation is 1. The van der Waals surface area contributed by atoms with Crippen molar-refractivity contribution < 1.29 is 31.8 Å². The van der Waals surface area contributed by atoms with Gasteiger partial charge in [0.25, 0.3) is 10.0 Å². The number of carbonyl (C=O) groups is 1. The van der Waals surface area contributed by atoms with E-state index in [1.54, 1.807) is 37.4 Å². The molecule has 3 N–H and O–H groups in total. The monoisotopic (exact) mass is 595 g/mol. The van der Waals surface area contributed by atoms with Gasteiger partial charge in [0.05, 0.1) is 30.5 Å². The van der Waals surface area contributed by atoms with Gasteiger partial charge in [-0.2, -0.15) is 5.10 Å². The number of hydrogen-bond donors (Lipinski definition) is 3. The first-order chi connectivity index (χ1) is 19.9. The maximum Gasteiger partial charge on any atom is 0.260 e. The van der Waals surface area contributed by atoms with Gasteiger partial charge in [-0.05, 0) is 55.3 Å². The summed E-state index contributed by atoms with van der Waals surface area (Å²) < 4.78 is 62.4. The number of rotatable bonds is 7. The Bertz CT molecular complexity index is 1860. The molecule has 3 heterocycles. The number of sulfonamides is 1. The largest absolute Gasteiger partial charge is 0.373 e. The van der Waals surface area contributed by atoms with Crippen LogP contribution < -0.4 is 10.0 Å². The number of ether oxygens (including phenoxy) is 1. The van der Waals surface area contributed by atoms with Gasteiger partial charge in [-0.1, -0.05) is 18.1 Å². The van der Waals surface area contributed by atoms with Crippen molar-refractivity contribution in [2.75, 3.05) is 20.3 Å². The fourth-order valence-corrected chi connectivity index (χ4v) is 5.71. The average molecular weight is 596 g/mol. The van der Waals surface area contributed by atoms with Gasteiger partial charge >= 0.3 is 0 Å². The minimum Gasteiger partial charge on any atom is -0.373 e. The first-order valence-electron chi connectivity index (χ1n) is 12.8. The molecule has 2 aromatic heterocycles. The number of carbonyl (C=O) groups excluding carboxylic acids is 1. The summed E-state index contributed by atoms with van der Waals surface area (Å²) in [4.78, 5) is 17.1. The Hall–Kier alpha value is -4.22. The number of halogens is 2. The number of amides is 1. The van der Waals surface area contributed by atoms with Crippen LogP contribution in [0.15, 0.2) is 53.6 Å². The molecule has 0 saturated carbocycles. The second-order valence-corrected chi connectivity index (χ2v) is 11.8. The summed E-state index contributed by atoms with van der Waals surface area (Å²) in [6, 6.07) is 10.6. The predicted molar refractivity (Wildman–Crippen MR) is 149 cm³/mol. The molecule has 1 fully saturated rings. The summed E-state index contributed by atoms with van der Waals surface area (Å²) in [6.07, 6.45) is -0.0241. The summed E-state index contributed by atoms with van der Waals surface area (Å²) in [6.45, 7) is 1.43. The molecule has 13 heteroatoms. The van der Waals surface area contributed by atoms with Crippen LogP contribution in [0.1, 0.15) is 29.9 Å². The van der Waals surface area contributed by atoms with Gasteiger partial charge in [0, 0.05) is 36.6 Å². The summed E-state index contributed by atoms with van der Waals surface area (Å²) in [5.74, 6) is 3.65. The molecule has 10 nitrogen and oxygen atoms in total. The number of nitrogens with zero attached hydrogens (tertiary/aromatic N) is 3. The molecule has 2 aromatic carbocycles. The molecule has 0 spiro atoms. The number of nitrogens with one attached hydrogen (secondary N) is 2. The summed E-state index contributed by atoms with van der Waals surface area (Å²) in [5.41, 5.74) is 1.09. The van der Waals surface area contributed by atoms with Crippen LogP contribution in [0.25, 0.3) is 22.0 Å². The third-order valence-electron chi connectivity index (χ3n) is 6.74. The third kappa shape index (κ3) is 5.88. The van der Waals surface area contributed by atoms with Crippen LogP contribution in [0.3, 0.4) is 0 Å². The lowest BCUT2D eigenvalue weighted by molar-refractivity contribution is -0.140. The van der Waals surface area contributed by atoms with E-state index in [1.165, 1.54) is 30.8 Å². The predicted octanol–water partition coefficient (Wildman–Crippen LogP) is 2.35. The second-order valence-electron chi connectivity index (χ2n) is 9.98. The van der Waals surface area contributed by atoms with Gasteiger partial charge in [0.1, 0.15) is 17.3 Å². The SMILES string of the molecule is CNS(=O)(=O)c1nn(C)c2c(-c3ccc(C#CC4(O)COC4)nc3[C@H](Cc3cc(F)cc(F)c3)NC(C)=O)cccc12. The van der Waals surface area contributed by atoms with E-state index in [0.717, 1.165) is 6.07 Å². The van der Waals surface area contributed by atoms with Gasteiger partial charge in [0.2, 0.25) is 5.91 Å². The lowest BCUT2D eigenvalue weighted by atomic mass is 9.93. The van der Waals surface area contributed by atoms with Crippen molar-refractivity contribution in [1.82, 2.24) is 24.8 Å². The molecule has 1 saturated heterocycles. The Kier molecular flexibility index (Phi) is 7.82. The molecule has 0 unspecified atom stereocenters. The van der Waals surface area contributed by atoms with Gasteiger partial charge in [-0.3, -0.25) is 9.48 Å². The number of para-hydroxylation sites is 1. The van der Waals surface area contributed by atoms with E-state index in [9.17, 15) is 27.1 Å². The van der Waals surface area contributed by atoms with Crippen molar-refractivity contribution in [3.63, 3.8) is 0 Å². The Morgan fingerprint density at radius 1 is 1.17 bits per heavy atom. The van der Waals surface area contributed by atoms with E-state index in [0.29, 0.717) is 27.7 Å². The standard InChI is InChI=1S/C29H27F2N5O5S/c1-17(37)33-25(13-18-11-19(30)14-20(31)12-18)26-22(8-7-21(34-26)9-10-29(38)15-41-16-29)23-5-4-6-24-27(23)36(3)35-28(24)42(39,40)32-2/h4-8,11-12,14,25,32,38H,13,15-16H2,1-3H3,(H,33,37)/t25-/m0/s1. The number of hydrogen-bond acceptors (Lipinski definition) is 7. The van der Waals surface area contributed by atoms with Crippen molar-refractivity contribution in [2.45, 2.75) is 30.0 Å². The summed E-state index contributed by atoms with van der Waals surface area (Å²) in [7, 11) is -0.998. The quantitative estimate of drug-likeness (QED) is 0.279. The molecule has 1 aliphatic rings. The highest BCUT2D eigenvalue weighted by Crippen LogP contribution is 2.36. The Morgan fingerprint density at radius 2 is 1.88 bits per heavy atom. The zero-order chi connectivity index (χ0) is 30.2. The van der Waals surface area contributed by atoms with Crippen LogP contribution in [0.4, 0.5) is 8.78 Å². The maximum atomic E-state index is 14.1. The van der Waals surface area contributed by atoms with E-state index in [1.807, 2.05) is 0 Å². The highest BCUT2D eigenvalue weighted by molar-refractivity contribution is 7.89. The molecular weight excluding hydrogens is 568 g/mol. The Balaban J connectivity index is 1.73. The molecule has 4 aromatic rings. The van der Waals surface area contributed by atoms with Crippen LogP contribution >= 0.6 is 0 Å². The number of fused-ring (bicyclic) bond motifs is 1. The van der Waals surface area contributed by atoms with Crippen LogP contribution in [0.5, 0.6) is 0 Å². The van der Waals surface area contributed by atoms with E-state index in [-0.39, 0.29) is 35.9 Å². The lowest BCUT2D eigenvalue weighted by Crippen LogP contribution is -2.48. The highest BCUT2D eigenvalue weighted by Gasteiger charge is 2.34. The van der Waals surface area contributed by atoms with E-state index in [4.69, 9.17) is 9.72 Å². The van der Waals surface area contributed by atoms with E-state index < -0.39 is 39.2 Å². The van der Waals surface area contributed by atoms with Crippen LogP contribution in [-0.2, 0) is 33.0 Å². The number of pyridine rings is 1. The lowest BCUT2D eigenvalue weighted by Gasteiger charge is -2.30. The van der Waals surface area contributed by atoms with Gasteiger partial charge < -0.3 is 15.2 Å². The van der Waals surface area contributed by atoms with Crippen molar-refractivity contribution in [3.05, 3.63) is 77.1 Å². The van der Waals surface area contributed by atoms with Crippen molar-refractivity contribution in [2.24, 2.45) is 7.05 Å². The first kappa shape index (κ1) is 29.3. The molecule has 1 amide bonds. The Labute approximate surface area is 240 Å². The van der Waals surface area contributed by atoms with E-state index in [2.05, 4.69) is 27.0 Å². The first-order valence-corrected chi connectivity index (χ1v) is 14.3. The minimum absolute atomic E-state index is 0.0241. The molecule has 5 rings (SSSR count). The molecule has 218 valence electrons. The van der Waals surface area contributed by atoms with Crippen molar-refractivity contribution in [3.8, 4) is 23.0 Å². The molecule has 42 heavy (non-hydrogen) atoms. The van der Waals surface area contributed by atoms with E-state index >= 15 is 0 Å². The second kappa shape index (κ2) is 11.2. The van der Waals surface area contributed by atoms with Gasteiger partial charge in [-0.25, -0.2) is 26.9 Å². The van der Waals surface area contributed by atoms with Gasteiger partial charge in [-0.15, -0.1) is 0 Å². The summed E-state index contributed by atoms with van der Waals surface area (Å²) in [5, 5.41) is 17.6. The van der Waals surface area contributed by atoms with Crippen LogP contribution in [0, 0.1) is 23.5 Å². The smallest absolute Gasteiger partial charge is 0.260 e. The Morgan fingerprint density at radius 3 is 2.50 bits per heavy atom. The number of aromatic nitrogens is 3. The molecule has 0 aliphatic carbocycles. The van der Waals surface area contributed by atoms with Crippen molar-refractivity contribution in [1.29, 1.82) is 0 Å². The molecule has 0 bridgehead atoms. The molecule has 1 atom stereocenters. The molecule has 1 aliphatic heterocycles. The third-order valence-corrected chi connectivity index (χ3v) is 8.09.